The Morgan fingerprint density at radius 1 is 1.24 bits per heavy atom. The largest absolute Gasteiger partial charge is 0.330 e. The van der Waals surface area contributed by atoms with Crippen LogP contribution in [-0.2, 0) is 5.41 Å². The van der Waals surface area contributed by atoms with E-state index in [-0.39, 0.29) is 0 Å². The fourth-order valence-corrected chi connectivity index (χ4v) is 3.89. The second-order valence-corrected chi connectivity index (χ2v) is 6.56. The van der Waals surface area contributed by atoms with Gasteiger partial charge in [-0.2, -0.15) is 0 Å². The van der Waals surface area contributed by atoms with Crippen LogP contribution in [0.1, 0.15) is 55.6 Å². The van der Waals surface area contributed by atoms with Crippen molar-refractivity contribution in [1.29, 1.82) is 0 Å². The van der Waals surface area contributed by atoms with E-state index in [9.17, 15) is 0 Å². The zero-order valence-corrected chi connectivity index (χ0v) is 11.8. The minimum atomic E-state index is 0.316. The molecule has 1 aromatic rings. The monoisotopic (exact) mass is 293 g/mol. The van der Waals surface area contributed by atoms with E-state index in [0.717, 1.165) is 12.5 Å². The third-order valence-corrected chi connectivity index (χ3v) is 5.34. The summed E-state index contributed by atoms with van der Waals surface area (Å²) in [6, 6.07) is 6.98. The van der Waals surface area contributed by atoms with E-state index in [1.807, 2.05) is 0 Å². The predicted octanol–water partition coefficient (Wildman–Crippen LogP) is 4.10. The number of rotatable bonds is 3. The lowest BCUT2D eigenvalue weighted by atomic mass is 9.91. The Morgan fingerprint density at radius 2 is 1.94 bits per heavy atom. The van der Waals surface area contributed by atoms with Gasteiger partial charge in [-0.05, 0) is 48.8 Å². The van der Waals surface area contributed by atoms with E-state index in [1.165, 1.54) is 54.1 Å². The van der Waals surface area contributed by atoms with Crippen LogP contribution in [-0.4, -0.2) is 6.54 Å². The maximum Gasteiger partial charge on any atom is 0.0213 e. The summed E-state index contributed by atoms with van der Waals surface area (Å²) in [5, 5.41) is 0. The molecule has 2 saturated carbocycles. The highest BCUT2D eigenvalue weighted by Crippen LogP contribution is 2.48. The lowest BCUT2D eigenvalue weighted by molar-refractivity contribution is 0.694. The maximum absolute atomic E-state index is 5.90. The zero-order valence-electron chi connectivity index (χ0n) is 10.2. The molecule has 0 unspecified atom stereocenters. The molecule has 2 fully saturated rings. The average molecular weight is 294 g/mol. The van der Waals surface area contributed by atoms with Crippen LogP contribution in [0.15, 0.2) is 22.7 Å². The Bertz CT molecular complexity index is 417. The first-order valence-corrected chi connectivity index (χ1v) is 7.54. The molecule has 0 aliphatic heterocycles. The van der Waals surface area contributed by atoms with Crippen molar-refractivity contribution in [2.75, 3.05) is 6.54 Å². The average Bonchev–Trinajstić information content (AvgIpc) is 2.97. The molecule has 17 heavy (non-hydrogen) atoms. The van der Waals surface area contributed by atoms with Gasteiger partial charge in [0.25, 0.3) is 0 Å². The fraction of sp³-hybridized carbons (Fsp3) is 0.600. The fourth-order valence-electron chi connectivity index (χ4n) is 3.19. The van der Waals surface area contributed by atoms with Gasteiger partial charge in [0.05, 0.1) is 0 Å². The Hall–Kier alpha value is -0.340. The molecule has 0 saturated heterocycles. The number of benzene rings is 1. The lowest BCUT2D eigenvalue weighted by Crippen LogP contribution is -2.19. The van der Waals surface area contributed by atoms with Gasteiger partial charge < -0.3 is 5.73 Å². The van der Waals surface area contributed by atoms with Gasteiger partial charge in [-0.1, -0.05) is 40.9 Å². The first-order chi connectivity index (χ1) is 8.25. The lowest BCUT2D eigenvalue weighted by Gasteiger charge is -2.17. The van der Waals surface area contributed by atoms with Crippen molar-refractivity contribution in [3.05, 3.63) is 33.8 Å². The van der Waals surface area contributed by atoms with Crippen LogP contribution in [0.2, 0.25) is 0 Å². The number of hydrogen-bond donors (Lipinski definition) is 1. The molecule has 0 radical (unpaired) electrons. The Labute approximate surface area is 112 Å². The Balaban J connectivity index is 1.88. The van der Waals surface area contributed by atoms with Crippen molar-refractivity contribution in [1.82, 2.24) is 0 Å². The molecule has 0 heterocycles. The van der Waals surface area contributed by atoms with E-state index < -0.39 is 0 Å². The Kier molecular flexibility index (Phi) is 3.04. The molecule has 0 bridgehead atoms. The van der Waals surface area contributed by atoms with Crippen molar-refractivity contribution in [2.24, 2.45) is 5.73 Å². The van der Waals surface area contributed by atoms with Crippen molar-refractivity contribution < 1.29 is 0 Å². The van der Waals surface area contributed by atoms with E-state index >= 15 is 0 Å². The van der Waals surface area contributed by atoms with Gasteiger partial charge in [-0.15, -0.1) is 0 Å². The molecule has 0 aromatic heterocycles. The first-order valence-electron chi connectivity index (χ1n) is 6.75. The smallest absolute Gasteiger partial charge is 0.0213 e. The van der Waals surface area contributed by atoms with Crippen molar-refractivity contribution in [3.8, 4) is 0 Å². The van der Waals surface area contributed by atoms with Crippen molar-refractivity contribution in [3.63, 3.8) is 0 Å². The van der Waals surface area contributed by atoms with Crippen LogP contribution >= 0.6 is 15.9 Å². The van der Waals surface area contributed by atoms with Gasteiger partial charge in [-0.25, -0.2) is 0 Å². The quantitative estimate of drug-likeness (QED) is 0.892. The second kappa shape index (κ2) is 4.40. The molecule has 3 rings (SSSR count). The standard InChI is InChI=1S/C15H20BrN/c16-14-9-12(15(10-17)7-8-15)5-6-13(14)11-3-1-2-4-11/h5-6,9,11H,1-4,7-8,10,17H2. The number of nitrogens with two attached hydrogens (primary N) is 1. The van der Waals surface area contributed by atoms with Gasteiger partial charge in [0.15, 0.2) is 0 Å². The normalized spacial score (nSPS) is 22.9. The minimum absolute atomic E-state index is 0.316. The van der Waals surface area contributed by atoms with Crippen LogP contribution in [0.4, 0.5) is 0 Å². The van der Waals surface area contributed by atoms with Gasteiger partial charge in [-0.3, -0.25) is 0 Å². The summed E-state index contributed by atoms with van der Waals surface area (Å²) < 4.78 is 1.31. The van der Waals surface area contributed by atoms with E-state index in [0.29, 0.717) is 5.41 Å². The third-order valence-electron chi connectivity index (χ3n) is 4.65. The topological polar surface area (TPSA) is 26.0 Å². The van der Waals surface area contributed by atoms with Crippen LogP contribution in [0, 0.1) is 0 Å². The van der Waals surface area contributed by atoms with E-state index in [1.54, 1.807) is 0 Å². The molecule has 1 aromatic carbocycles. The van der Waals surface area contributed by atoms with E-state index in [4.69, 9.17) is 5.73 Å². The summed E-state index contributed by atoms with van der Waals surface area (Å²) in [4.78, 5) is 0. The highest BCUT2D eigenvalue weighted by atomic mass is 79.9. The number of halogens is 1. The molecule has 0 atom stereocenters. The Morgan fingerprint density at radius 3 is 2.47 bits per heavy atom. The summed E-state index contributed by atoms with van der Waals surface area (Å²) >= 11 is 3.77. The molecule has 2 heteroatoms. The van der Waals surface area contributed by atoms with Gasteiger partial charge in [0.2, 0.25) is 0 Å². The number of hydrogen-bond acceptors (Lipinski definition) is 1. The third kappa shape index (κ3) is 2.06. The van der Waals surface area contributed by atoms with Crippen molar-refractivity contribution >= 4 is 15.9 Å². The van der Waals surface area contributed by atoms with Crippen LogP contribution < -0.4 is 5.73 Å². The summed E-state index contributed by atoms with van der Waals surface area (Å²) in [5.74, 6) is 0.784. The molecule has 2 N–H and O–H groups in total. The molecule has 1 nitrogen and oxygen atoms in total. The molecular formula is C15H20BrN. The molecule has 0 amide bonds. The molecule has 92 valence electrons. The summed E-state index contributed by atoms with van der Waals surface area (Å²) in [7, 11) is 0. The summed E-state index contributed by atoms with van der Waals surface area (Å²) in [6.07, 6.45) is 8.04. The van der Waals surface area contributed by atoms with Crippen molar-refractivity contribution in [2.45, 2.75) is 49.9 Å². The van der Waals surface area contributed by atoms with Crippen LogP contribution in [0.25, 0.3) is 0 Å². The summed E-state index contributed by atoms with van der Waals surface area (Å²) in [5.41, 5.74) is 9.16. The second-order valence-electron chi connectivity index (χ2n) is 5.70. The van der Waals surface area contributed by atoms with Crippen LogP contribution in [0.3, 0.4) is 0 Å². The molecule has 0 spiro atoms. The highest BCUT2D eigenvalue weighted by Gasteiger charge is 2.43. The highest BCUT2D eigenvalue weighted by molar-refractivity contribution is 9.10. The minimum Gasteiger partial charge on any atom is -0.330 e. The SMILES string of the molecule is NCC1(c2ccc(C3CCCC3)c(Br)c2)CC1. The van der Waals surface area contributed by atoms with Gasteiger partial charge in [0, 0.05) is 16.4 Å². The van der Waals surface area contributed by atoms with Gasteiger partial charge in [0.1, 0.15) is 0 Å². The summed E-state index contributed by atoms with van der Waals surface area (Å²) in [6.45, 7) is 0.794. The predicted molar refractivity (Wildman–Crippen MR) is 75.3 cm³/mol. The van der Waals surface area contributed by atoms with E-state index in [2.05, 4.69) is 34.1 Å². The van der Waals surface area contributed by atoms with Crippen LogP contribution in [0.5, 0.6) is 0 Å². The first kappa shape index (κ1) is 11.7. The molecule has 2 aliphatic rings. The van der Waals surface area contributed by atoms with Gasteiger partial charge >= 0.3 is 0 Å². The molecule has 2 aliphatic carbocycles. The zero-order chi connectivity index (χ0) is 11.9. The molecular weight excluding hydrogens is 274 g/mol. The maximum atomic E-state index is 5.90.